The summed E-state index contributed by atoms with van der Waals surface area (Å²) in [5.41, 5.74) is 2.61. The van der Waals surface area contributed by atoms with E-state index in [1.165, 1.54) is 22.0 Å². The predicted molar refractivity (Wildman–Crippen MR) is 193 cm³/mol. The number of benzene rings is 2. The van der Waals surface area contributed by atoms with Crippen molar-refractivity contribution in [1.82, 2.24) is 10.3 Å². The highest BCUT2D eigenvalue weighted by Crippen LogP contribution is 2.35. The molecule has 1 heterocycles. The number of likely N-dealkylation sites (N-methyl/N-ethyl adjacent to an activating group) is 1. The lowest BCUT2D eigenvalue weighted by Crippen LogP contribution is -2.48. The third kappa shape index (κ3) is 10.6. The van der Waals surface area contributed by atoms with E-state index < -0.39 is 48.9 Å². The second kappa shape index (κ2) is 19.5. The van der Waals surface area contributed by atoms with E-state index >= 15 is 0 Å². The van der Waals surface area contributed by atoms with Crippen LogP contribution in [0.2, 0.25) is 0 Å². The number of carbonyl (C=O) groups excluding carboxylic acids is 3. The van der Waals surface area contributed by atoms with E-state index in [1.54, 1.807) is 19.2 Å². The van der Waals surface area contributed by atoms with Gasteiger partial charge in [-0.25, -0.2) is 14.6 Å². The topological polar surface area (TPSA) is 233 Å². The molecule has 0 spiro atoms. The van der Waals surface area contributed by atoms with Gasteiger partial charge in [0.25, 0.3) is 0 Å². The fourth-order valence-corrected chi connectivity index (χ4v) is 6.82. The number of aliphatic hydroxyl groups excluding tert-OH is 5. The van der Waals surface area contributed by atoms with Gasteiger partial charge in [-0.05, 0) is 57.0 Å². The number of carboxylic acid groups (broad SMARTS) is 1. The molecule has 284 valence electrons. The molecule has 0 saturated heterocycles. The number of para-hydroxylation sites is 1. The number of hydrogen-bond acceptors (Lipinski definition) is 11. The smallest absolute Gasteiger partial charge is 0.345 e. The second-order valence-corrected chi connectivity index (χ2v) is 13.5. The number of hydrazone groups is 1. The van der Waals surface area contributed by atoms with Gasteiger partial charge in [0.1, 0.15) is 24.9 Å². The zero-order valence-electron chi connectivity index (χ0n) is 29.4. The minimum Gasteiger partial charge on any atom is -0.478 e. The van der Waals surface area contributed by atoms with Crippen LogP contribution in [-0.4, -0.2) is 123 Å². The number of nitrogens with one attached hydrogen (secondary N) is 2. The van der Waals surface area contributed by atoms with E-state index in [0.717, 1.165) is 69.1 Å². The van der Waals surface area contributed by atoms with Gasteiger partial charge in [-0.2, -0.15) is 5.10 Å². The van der Waals surface area contributed by atoms with Crippen LogP contribution in [0.5, 0.6) is 0 Å². The van der Waals surface area contributed by atoms with Gasteiger partial charge < -0.3 is 41.3 Å². The van der Waals surface area contributed by atoms with E-state index in [1.807, 2.05) is 24.3 Å². The van der Waals surface area contributed by atoms with Crippen molar-refractivity contribution in [3.8, 4) is 0 Å². The molecule has 0 aromatic heterocycles. The summed E-state index contributed by atoms with van der Waals surface area (Å²) >= 11 is 0. The maximum Gasteiger partial charge on any atom is 0.345 e. The molecular formula is C37H51N5O10. The van der Waals surface area contributed by atoms with Gasteiger partial charge >= 0.3 is 12.0 Å². The fraction of sp³-hybridized carbons (Fsp3) is 0.541. The van der Waals surface area contributed by atoms with Crippen molar-refractivity contribution in [2.45, 2.75) is 82.2 Å². The van der Waals surface area contributed by atoms with Crippen LogP contribution in [0.25, 0.3) is 0 Å². The molecule has 15 nitrogen and oxygen atoms in total. The molecule has 3 amide bonds. The number of carboxylic acids is 1. The lowest BCUT2D eigenvalue weighted by atomic mass is 9.83. The molecule has 2 aromatic carbocycles. The summed E-state index contributed by atoms with van der Waals surface area (Å²) in [6.45, 7) is -0.998. The van der Waals surface area contributed by atoms with Crippen molar-refractivity contribution < 1.29 is 49.8 Å². The molecule has 0 unspecified atom stereocenters. The number of fused-ring (bicyclic) bond motifs is 1. The number of urea groups is 1. The Bertz CT molecular complexity index is 1560. The first-order valence-electron chi connectivity index (χ1n) is 17.9. The first-order valence-corrected chi connectivity index (χ1v) is 17.9. The Morgan fingerprint density at radius 3 is 2.17 bits per heavy atom. The predicted octanol–water partition coefficient (Wildman–Crippen LogP) is 1.95. The number of amides is 3. The molecule has 8 N–H and O–H groups in total. The van der Waals surface area contributed by atoms with E-state index in [2.05, 4.69) is 10.6 Å². The molecular weight excluding hydrogens is 674 g/mol. The molecule has 0 radical (unpaired) electrons. The summed E-state index contributed by atoms with van der Waals surface area (Å²) < 4.78 is 0. The van der Waals surface area contributed by atoms with Gasteiger partial charge in [-0.3, -0.25) is 14.5 Å². The van der Waals surface area contributed by atoms with Crippen molar-refractivity contribution >= 4 is 40.8 Å². The molecule has 5 rings (SSSR count). The molecule has 2 fully saturated rings. The number of carbonyl (C=O) groups is 4. The van der Waals surface area contributed by atoms with Gasteiger partial charge in [0.2, 0.25) is 5.91 Å². The van der Waals surface area contributed by atoms with Crippen LogP contribution in [0.4, 0.5) is 16.2 Å². The van der Waals surface area contributed by atoms with Gasteiger partial charge in [0.05, 0.1) is 36.2 Å². The number of hydrogen-bond donors (Lipinski definition) is 8. The highest BCUT2D eigenvalue weighted by atomic mass is 16.4. The molecule has 3 aliphatic rings. The largest absolute Gasteiger partial charge is 0.478 e. The number of anilines is 2. The molecule has 15 heteroatoms. The van der Waals surface area contributed by atoms with Crippen molar-refractivity contribution in [1.29, 1.82) is 0 Å². The number of Topliss-reactive ketones (excluding diaryl/α,β-unsaturated/α-hetero) is 1. The Balaban J connectivity index is 0.000000398. The summed E-state index contributed by atoms with van der Waals surface area (Å²) in [6.07, 6.45) is 3.28. The molecule has 4 atom stereocenters. The van der Waals surface area contributed by atoms with Crippen LogP contribution in [-0.2, 0) is 9.59 Å². The molecule has 2 aliphatic carbocycles. The average molecular weight is 726 g/mol. The number of nitrogens with zero attached hydrogens (tertiary/aromatic N) is 3. The van der Waals surface area contributed by atoms with E-state index in [4.69, 9.17) is 25.5 Å². The molecule has 2 aromatic rings. The SMILES string of the molecule is CNC[C@H](O)[C@@H](O)[C@H](O)[C@H](O)CO.O=C(CN1N=C(C2CCCCC2)c2ccccc2N(CC(=O)C2CCCC2)C1=O)Nc1cccc(C(=O)O)c1. The molecule has 2 saturated carbocycles. The van der Waals surface area contributed by atoms with Crippen LogP contribution < -0.4 is 15.5 Å². The van der Waals surface area contributed by atoms with Crippen LogP contribution in [0, 0.1) is 11.8 Å². The van der Waals surface area contributed by atoms with Gasteiger partial charge in [0.15, 0.2) is 5.78 Å². The summed E-state index contributed by atoms with van der Waals surface area (Å²) in [5, 5.41) is 65.4. The third-order valence-electron chi connectivity index (χ3n) is 9.69. The monoisotopic (exact) mass is 725 g/mol. The maximum absolute atomic E-state index is 14.0. The summed E-state index contributed by atoms with van der Waals surface area (Å²) in [6, 6.07) is 13.0. The quantitative estimate of drug-likeness (QED) is 0.140. The number of ketones is 1. The molecule has 0 bridgehead atoms. The Morgan fingerprint density at radius 2 is 1.52 bits per heavy atom. The van der Waals surface area contributed by atoms with Gasteiger partial charge in [-0.15, -0.1) is 0 Å². The first-order chi connectivity index (χ1) is 24.9. The second-order valence-electron chi connectivity index (χ2n) is 13.5. The summed E-state index contributed by atoms with van der Waals surface area (Å²) in [4.78, 5) is 53.1. The minimum absolute atomic E-state index is 0.0339. The first kappa shape index (κ1) is 40.5. The van der Waals surface area contributed by atoms with E-state index in [9.17, 15) is 29.4 Å². The lowest BCUT2D eigenvalue weighted by molar-refractivity contribution is -0.121. The van der Waals surface area contributed by atoms with Crippen LogP contribution in [0.3, 0.4) is 0 Å². The maximum atomic E-state index is 14.0. The third-order valence-corrected chi connectivity index (χ3v) is 9.69. The minimum atomic E-state index is -1.55. The number of aromatic carboxylic acids is 1. The highest BCUT2D eigenvalue weighted by Gasteiger charge is 2.36. The number of aliphatic hydroxyl groups is 5. The Kier molecular flexibility index (Phi) is 15.2. The van der Waals surface area contributed by atoms with Crippen LogP contribution >= 0.6 is 0 Å². The summed E-state index contributed by atoms with van der Waals surface area (Å²) in [5.74, 6) is -1.48. The highest BCUT2D eigenvalue weighted by molar-refractivity contribution is 6.13. The summed E-state index contributed by atoms with van der Waals surface area (Å²) in [7, 11) is 1.57. The van der Waals surface area contributed by atoms with Crippen LogP contribution in [0.15, 0.2) is 53.6 Å². The van der Waals surface area contributed by atoms with Crippen molar-refractivity contribution in [3.05, 3.63) is 59.7 Å². The lowest BCUT2D eigenvalue weighted by Gasteiger charge is -2.26. The normalized spacial score (nSPS) is 19.0. The van der Waals surface area contributed by atoms with Crippen molar-refractivity contribution in [2.75, 3.05) is 43.5 Å². The zero-order chi connectivity index (χ0) is 37.8. The Hall–Kier alpha value is -4.25. The molecule has 52 heavy (non-hydrogen) atoms. The van der Waals surface area contributed by atoms with E-state index in [0.29, 0.717) is 11.4 Å². The van der Waals surface area contributed by atoms with Gasteiger partial charge in [-0.1, -0.05) is 56.4 Å². The number of rotatable bonds is 14. The van der Waals surface area contributed by atoms with Crippen molar-refractivity contribution in [2.24, 2.45) is 16.9 Å². The Morgan fingerprint density at radius 1 is 0.865 bits per heavy atom. The standard InChI is InChI=1S/C30H34N4O5.C7H17NO5/c35-26(20-9-4-5-10-20)18-33-25-16-7-6-15-24(25)28(21-11-2-1-3-12-21)32-34(30(33)39)19-27(36)31-23-14-8-13-22(17-23)29(37)38;1-8-2-4(10)6(12)7(13)5(11)3-9/h6-8,13-17,20-21H,1-5,9-12,18-19H2,(H,31,36)(H,37,38);4-13H,2-3H2,1H3/t;4-,5+,6+,7+/m.0/s1. The van der Waals surface area contributed by atoms with Crippen LogP contribution in [0.1, 0.15) is 73.7 Å². The zero-order valence-corrected chi connectivity index (χ0v) is 29.4. The Labute approximate surface area is 302 Å². The average Bonchev–Trinajstić information content (AvgIpc) is 3.67. The van der Waals surface area contributed by atoms with Crippen molar-refractivity contribution in [3.63, 3.8) is 0 Å². The molecule has 1 aliphatic heterocycles. The van der Waals surface area contributed by atoms with E-state index in [-0.39, 0.29) is 42.8 Å². The fourth-order valence-electron chi connectivity index (χ4n) is 6.82. The van der Waals surface area contributed by atoms with Gasteiger partial charge in [0, 0.05) is 29.6 Å².